The highest BCUT2D eigenvalue weighted by Crippen LogP contribution is 2.18. The van der Waals surface area contributed by atoms with E-state index in [1.165, 1.54) is 4.90 Å². The van der Waals surface area contributed by atoms with Gasteiger partial charge >= 0.3 is 0 Å². The summed E-state index contributed by atoms with van der Waals surface area (Å²) >= 11 is 0. The van der Waals surface area contributed by atoms with E-state index < -0.39 is 12.2 Å². The molecule has 1 aliphatic rings. The molecule has 0 saturated carbocycles. The van der Waals surface area contributed by atoms with Gasteiger partial charge in [0.1, 0.15) is 0 Å². The molecule has 0 aromatic heterocycles. The number of likely N-dealkylation sites (tertiary alicyclic amines) is 1. The number of carbonyl (C=O) groups excluding carboxylic acids is 1. The van der Waals surface area contributed by atoms with Crippen LogP contribution in [0, 0.1) is 0 Å². The fourth-order valence-electron chi connectivity index (χ4n) is 1.89. The normalized spacial score (nSPS) is 22.1. The van der Waals surface area contributed by atoms with Crippen LogP contribution < -0.4 is 0 Å². The molecule has 0 aliphatic carbocycles. The van der Waals surface area contributed by atoms with Crippen LogP contribution in [0.1, 0.15) is 18.1 Å². The molecule has 2 atom stereocenters. The van der Waals surface area contributed by atoms with Crippen molar-refractivity contribution in [1.29, 1.82) is 0 Å². The highest BCUT2D eigenvalue weighted by Gasteiger charge is 2.29. The third-order valence-electron chi connectivity index (χ3n) is 2.82. The van der Waals surface area contributed by atoms with Crippen LogP contribution in [0.3, 0.4) is 0 Å². The quantitative estimate of drug-likeness (QED) is 0.755. The van der Waals surface area contributed by atoms with Crippen LogP contribution in [0.2, 0.25) is 0 Å². The lowest BCUT2D eigenvalue weighted by Crippen LogP contribution is -2.33. The first kappa shape index (κ1) is 11.1. The summed E-state index contributed by atoms with van der Waals surface area (Å²) in [5.74, 6) is -0.331. The minimum Gasteiger partial charge on any atom is -0.391 e. The molecule has 16 heavy (non-hydrogen) atoms. The molecule has 1 aliphatic heterocycles. The Hall–Kier alpha value is -1.39. The number of carbonyl (C=O) groups is 1. The van der Waals surface area contributed by atoms with Gasteiger partial charge in [-0.1, -0.05) is 30.3 Å². The van der Waals surface area contributed by atoms with Crippen molar-refractivity contribution in [3.05, 3.63) is 35.9 Å². The van der Waals surface area contributed by atoms with E-state index in [-0.39, 0.29) is 5.91 Å². The van der Waals surface area contributed by atoms with Crippen LogP contribution in [-0.2, 0) is 4.79 Å². The first-order valence-corrected chi connectivity index (χ1v) is 5.38. The average Bonchev–Trinajstić information content (AvgIpc) is 2.75. The highest BCUT2D eigenvalue weighted by molar-refractivity contribution is 5.82. The standard InChI is InChI=1S/C12H15NO3/c14-10-6-7-13(8-10)12(16)11(15)9-4-2-1-3-5-9/h1-5,10-11,14-15H,6-8H2/t10?,11-/m1/s1. The van der Waals surface area contributed by atoms with Crippen LogP contribution in [0.4, 0.5) is 0 Å². The van der Waals surface area contributed by atoms with Crippen molar-refractivity contribution in [2.75, 3.05) is 13.1 Å². The minimum atomic E-state index is -1.12. The SMILES string of the molecule is O=C([C@H](O)c1ccccc1)N1CCC(O)C1. The number of nitrogens with zero attached hydrogens (tertiary/aromatic N) is 1. The van der Waals surface area contributed by atoms with Crippen molar-refractivity contribution in [3.63, 3.8) is 0 Å². The molecule has 1 aromatic rings. The molecule has 1 saturated heterocycles. The number of hydrogen-bond donors (Lipinski definition) is 2. The maximum Gasteiger partial charge on any atom is 0.256 e. The van der Waals surface area contributed by atoms with Crippen LogP contribution in [0.25, 0.3) is 0 Å². The molecule has 4 nitrogen and oxygen atoms in total. The Labute approximate surface area is 94.1 Å². The van der Waals surface area contributed by atoms with Gasteiger partial charge in [0.2, 0.25) is 0 Å². The van der Waals surface area contributed by atoms with E-state index in [1.54, 1.807) is 24.3 Å². The zero-order valence-corrected chi connectivity index (χ0v) is 8.91. The second-order valence-electron chi connectivity index (χ2n) is 4.04. The van der Waals surface area contributed by atoms with Crippen LogP contribution in [0.5, 0.6) is 0 Å². The topological polar surface area (TPSA) is 60.8 Å². The van der Waals surface area contributed by atoms with E-state index in [4.69, 9.17) is 0 Å². The highest BCUT2D eigenvalue weighted by atomic mass is 16.3. The Morgan fingerprint density at radius 3 is 2.62 bits per heavy atom. The summed E-state index contributed by atoms with van der Waals surface area (Å²) in [4.78, 5) is 13.4. The van der Waals surface area contributed by atoms with Crippen molar-refractivity contribution < 1.29 is 15.0 Å². The summed E-state index contributed by atoms with van der Waals surface area (Å²) in [7, 11) is 0. The molecule has 0 radical (unpaired) electrons. The van der Waals surface area contributed by atoms with Gasteiger partial charge in [-0.05, 0) is 12.0 Å². The molecule has 1 fully saturated rings. The van der Waals surface area contributed by atoms with Crippen molar-refractivity contribution in [1.82, 2.24) is 4.90 Å². The van der Waals surface area contributed by atoms with Gasteiger partial charge in [-0.25, -0.2) is 0 Å². The number of hydrogen-bond acceptors (Lipinski definition) is 3. The molecule has 1 heterocycles. The first-order chi connectivity index (χ1) is 7.68. The van der Waals surface area contributed by atoms with E-state index in [0.717, 1.165) is 0 Å². The molecule has 1 unspecified atom stereocenters. The molecule has 2 N–H and O–H groups in total. The van der Waals surface area contributed by atoms with Gasteiger partial charge in [0.25, 0.3) is 5.91 Å². The predicted molar refractivity (Wildman–Crippen MR) is 58.6 cm³/mol. The Kier molecular flexibility index (Phi) is 3.22. The fourth-order valence-corrected chi connectivity index (χ4v) is 1.89. The lowest BCUT2D eigenvalue weighted by atomic mass is 10.1. The summed E-state index contributed by atoms with van der Waals surface area (Å²) in [6.45, 7) is 0.840. The lowest BCUT2D eigenvalue weighted by molar-refractivity contribution is -0.139. The van der Waals surface area contributed by atoms with Crippen LogP contribution in [0.15, 0.2) is 30.3 Å². The molecule has 4 heteroatoms. The van der Waals surface area contributed by atoms with Gasteiger partial charge in [-0.2, -0.15) is 0 Å². The fraction of sp³-hybridized carbons (Fsp3) is 0.417. The Morgan fingerprint density at radius 2 is 2.06 bits per heavy atom. The van der Waals surface area contributed by atoms with Gasteiger partial charge in [-0.15, -0.1) is 0 Å². The summed E-state index contributed by atoms with van der Waals surface area (Å²) in [5.41, 5.74) is 0.592. The second kappa shape index (κ2) is 4.63. The smallest absolute Gasteiger partial charge is 0.256 e. The molecule has 2 rings (SSSR count). The Bertz CT molecular complexity index is 366. The van der Waals surface area contributed by atoms with E-state index in [9.17, 15) is 15.0 Å². The van der Waals surface area contributed by atoms with Gasteiger partial charge in [-0.3, -0.25) is 4.79 Å². The first-order valence-electron chi connectivity index (χ1n) is 5.38. The number of aliphatic hydroxyl groups excluding tert-OH is 2. The lowest BCUT2D eigenvalue weighted by Gasteiger charge is -2.19. The minimum absolute atomic E-state index is 0.322. The van der Waals surface area contributed by atoms with Gasteiger partial charge in [0.05, 0.1) is 6.10 Å². The van der Waals surface area contributed by atoms with E-state index >= 15 is 0 Å². The Morgan fingerprint density at radius 1 is 1.38 bits per heavy atom. The van der Waals surface area contributed by atoms with Crippen LogP contribution in [-0.4, -0.2) is 40.2 Å². The summed E-state index contributed by atoms with van der Waals surface area (Å²) < 4.78 is 0. The molecule has 1 aromatic carbocycles. The Balaban J connectivity index is 2.05. The van der Waals surface area contributed by atoms with Crippen LogP contribution >= 0.6 is 0 Å². The van der Waals surface area contributed by atoms with Gasteiger partial charge in [0.15, 0.2) is 6.10 Å². The van der Waals surface area contributed by atoms with Crippen molar-refractivity contribution in [3.8, 4) is 0 Å². The summed E-state index contributed by atoms with van der Waals surface area (Å²) in [6, 6.07) is 8.83. The van der Waals surface area contributed by atoms with E-state index in [1.807, 2.05) is 6.07 Å². The maximum absolute atomic E-state index is 11.9. The third-order valence-corrected chi connectivity index (χ3v) is 2.82. The number of amides is 1. The van der Waals surface area contributed by atoms with E-state index in [2.05, 4.69) is 0 Å². The monoisotopic (exact) mass is 221 g/mol. The number of benzene rings is 1. The van der Waals surface area contributed by atoms with Crippen molar-refractivity contribution >= 4 is 5.91 Å². The molecular formula is C12H15NO3. The summed E-state index contributed by atoms with van der Waals surface area (Å²) in [6.07, 6.45) is -0.980. The average molecular weight is 221 g/mol. The third kappa shape index (κ3) is 2.23. The molecule has 86 valence electrons. The summed E-state index contributed by atoms with van der Waals surface area (Å²) in [5, 5.41) is 19.2. The largest absolute Gasteiger partial charge is 0.391 e. The molecule has 0 bridgehead atoms. The number of aliphatic hydroxyl groups is 2. The molecular weight excluding hydrogens is 206 g/mol. The predicted octanol–water partition coefficient (Wildman–Crippen LogP) is 0.313. The zero-order valence-electron chi connectivity index (χ0n) is 8.91. The zero-order chi connectivity index (χ0) is 11.5. The maximum atomic E-state index is 11.9. The van der Waals surface area contributed by atoms with Gasteiger partial charge < -0.3 is 15.1 Å². The molecule has 0 spiro atoms. The number of rotatable bonds is 2. The van der Waals surface area contributed by atoms with Crippen molar-refractivity contribution in [2.45, 2.75) is 18.6 Å². The van der Waals surface area contributed by atoms with Crippen molar-refractivity contribution in [2.24, 2.45) is 0 Å². The second-order valence-corrected chi connectivity index (χ2v) is 4.04. The number of β-amino-alcohol motifs (C(OH)–C–C–N with tert-alkyl or cyclic N) is 1. The van der Waals surface area contributed by atoms with E-state index in [0.29, 0.717) is 25.1 Å². The molecule has 1 amide bonds. The van der Waals surface area contributed by atoms with Gasteiger partial charge in [0, 0.05) is 13.1 Å².